The number of nitriles is 1. The lowest BCUT2D eigenvalue weighted by molar-refractivity contribution is 0.00475. The Morgan fingerprint density at radius 3 is 3.03 bits per heavy atom. The van der Waals surface area contributed by atoms with E-state index < -0.39 is 12.2 Å². The summed E-state index contributed by atoms with van der Waals surface area (Å²) in [5.74, 6) is 0.431. The van der Waals surface area contributed by atoms with E-state index in [1.165, 1.54) is 0 Å². The van der Waals surface area contributed by atoms with Crippen LogP contribution in [-0.2, 0) is 14.2 Å². The van der Waals surface area contributed by atoms with Crippen LogP contribution in [0.1, 0.15) is 5.56 Å². The van der Waals surface area contributed by atoms with Crippen molar-refractivity contribution in [2.75, 3.05) is 25.1 Å². The molecule has 9 heteroatoms. The average Bonchev–Trinajstić information content (AvgIpc) is 3.36. The van der Waals surface area contributed by atoms with E-state index in [1.807, 2.05) is 12.1 Å². The first-order valence-corrected chi connectivity index (χ1v) is 9.56. The summed E-state index contributed by atoms with van der Waals surface area (Å²) in [6.45, 7) is 4.51. The molecule has 2 aromatic rings. The van der Waals surface area contributed by atoms with Crippen LogP contribution < -0.4 is 10.6 Å². The van der Waals surface area contributed by atoms with Crippen molar-refractivity contribution in [3.05, 3.63) is 54.7 Å². The van der Waals surface area contributed by atoms with Gasteiger partial charge in [-0.2, -0.15) is 5.26 Å². The molecule has 2 N–H and O–H groups in total. The Labute approximate surface area is 173 Å². The summed E-state index contributed by atoms with van der Waals surface area (Å²) in [6, 6.07) is 11.0. The van der Waals surface area contributed by atoms with Crippen LogP contribution in [0.5, 0.6) is 0 Å². The highest BCUT2D eigenvalue weighted by Crippen LogP contribution is 2.30. The third-order valence-electron chi connectivity index (χ3n) is 4.91. The molecule has 0 unspecified atom stereocenters. The highest BCUT2D eigenvalue weighted by Gasteiger charge is 2.49. The van der Waals surface area contributed by atoms with Gasteiger partial charge in [0.1, 0.15) is 12.2 Å². The molecule has 0 saturated carbocycles. The molecule has 30 heavy (non-hydrogen) atoms. The zero-order chi connectivity index (χ0) is 20.9. The van der Waals surface area contributed by atoms with Gasteiger partial charge in [0.2, 0.25) is 5.95 Å². The van der Waals surface area contributed by atoms with Crippen LogP contribution in [0.15, 0.2) is 49.2 Å². The predicted octanol–water partition coefficient (Wildman–Crippen LogP) is 1.87. The summed E-state index contributed by atoms with van der Waals surface area (Å²) in [4.78, 5) is 20.6. The number of alkyl carbamates (subject to hydrolysis) is 1. The predicted molar refractivity (Wildman–Crippen MR) is 108 cm³/mol. The first-order chi connectivity index (χ1) is 14.7. The Morgan fingerprint density at radius 2 is 2.20 bits per heavy atom. The molecule has 0 radical (unpaired) electrons. The number of carbonyl (C=O) groups excluding carboxylic acids is 1. The Morgan fingerprint density at radius 1 is 1.33 bits per heavy atom. The molecule has 0 bridgehead atoms. The maximum atomic E-state index is 11.8. The number of aromatic nitrogens is 2. The van der Waals surface area contributed by atoms with Gasteiger partial charge in [0.05, 0.1) is 36.6 Å². The topological polar surface area (TPSA) is 118 Å². The Balaban J connectivity index is 1.41. The quantitative estimate of drug-likeness (QED) is 0.697. The second kappa shape index (κ2) is 8.90. The van der Waals surface area contributed by atoms with Gasteiger partial charge in [-0.1, -0.05) is 18.2 Å². The van der Waals surface area contributed by atoms with Gasteiger partial charge in [0.15, 0.2) is 6.10 Å². The number of hydrogen-bond acceptors (Lipinski definition) is 8. The normalized spacial score (nSPS) is 24.5. The summed E-state index contributed by atoms with van der Waals surface area (Å²) >= 11 is 0. The monoisotopic (exact) mass is 407 g/mol. The fourth-order valence-electron chi connectivity index (χ4n) is 3.53. The minimum atomic E-state index is -0.528. The van der Waals surface area contributed by atoms with E-state index in [2.05, 4.69) is 33.2 Å². The van der Waals surface area contributed by atoms with Crippen molar-refractivity contribution in [2.45, 2.75) is 24.4 Å². The number of ether oxygens (including phenoxy) is 3. The van der Waals surface area contributed by atoms with E-state index in [9.17, 15) is 4.79 Å². The maximum Gasteiger partial charge on any atom is 0.407 e. The van der Waals surface area contributed by atoms with Gasteiger partial charge in [-0.15, -0.1) is 6.58 Å². The number of nitrogens with one attached hydrogen (secondary N) is 2. The number of anilines is 1. The summed E-state index contributed by atoms with van der Waals surface area (Å²) in [6.07, 6.45) is 1.59. The Bertz CT molecular complexity index is 976. The molecular weight excluding hydrogens is 386 g/mol. The Hall–Kier alpha value is -3.48. The number of benzene rings is 1. The zero-order valence-corrected chi connectivity index (χ0v) is 16.2. The molecular formula is C21H21N5O4. The molecule has 0 spiro atoms. The molecule has 2 aliphatic heterocycles. The molecule has 154 valence electrons. The highest BCUT2D eigenvalue weighted by molar-refractivity contribution is 5.67. The maximum absolute atomic E-state index is 11.8. The second-order valence-electron chi connectivity index (χ2n) is 6.92. The third-order valence-corrected chi connectivity index (χ3v) is 4.91. The number of amides is 1. The van der Waals surface area contributed by atoms with Gasteiger partial charge >= 0.3 is 6.09 Å². The minimum Gasteiger partial charge on any atom is -0.441 e. The third kappa shape index (κ3) is 4.25. The van der Waals surface area contributed by atoms with Gasteiger partial charge in [-0.25, -0.2) is 14.8 Å². The van der Waals surface area contributed by atoms with E-state index in [4.69, 9.17) is 19.5 Å². The van der Waals surface area contributed by atoms with E-state index in [-0.39, 0.29) is 24.9 Å². The fraction of sp³-hybridized carbons (Fsp3) is 0.333. The molecule has 0 aliphatic carbocycles. The summed E-state index contributed by atoms with van der Waals surface area (Å²) in [5.41, 5.74) is 2.10. The van der Waals surface area contributed by atoms with E-state index in [0.717, 1.165) is 5.56 Å². The van der Waals surface area contributed by atoms with Gasteiger partial charge in [0, 0.05) is 18.3 Å². The number of fused-ring (bicyclic) bond motifs is 1. The molecule has 2 fully saturated rings. The lowest BCUT2D eigenvalue weighted by atomic mass is 10.1. The van der Waals surface area contributed by atoms with E-state index in [0.29, 0.717) is 30.4 Å². The lowest BCUT2D eigenvalue weighted by Gasteiger charge is -2.18. The van der Waals surface area contributed by atoms with E-state index >= 15 is 0 Å². The van der Waals surface area contributed by atoms with Crippen molar-refractivity contribution in [1.82, 2.24) is 15.3 Å². The van der Waals surface area contributed by atoms with Crippen molar-refractivity contribution >= 4 is 12.0 Å². The fourth-order valence-corrected chi connectivity index (χ4v) is 3.53. The number of hydrogen-bond donors (Lipinski definition) is 2. The molecule has 9 nitrogen and oxygen atoms in total. The standard InChI is InChI=1S/C21H21N5O4/c1-2-7-24-21(27)30-17-12-29-18-16(11-28-19(17)18)26-20-23-8-6-15(25-20)14-5-3-4-13(9-14)10-22/h2-6,8-9,16-19H,1,7,11-12H2,(H,24,27)(H,23,25,26)/t16-,17+,18+,19+/m0/s1. The number of nitrogens with zero attached hydrogens (tertiary/aromatic N) is 3. The summed E-state index contributed by atoms with van der Waals surface area (Å²) in [7, 11) is 0. The molecule has 2 aliphatic rings. The molecule has 1 amide bonds. The Kier molecular flexibility index (Phi) is 5.88. The first-order valence-electron chi connectivity index (χ1n) is 9.56. The summed E-state index contributed by atoms with van der Waals surface area (Å²) in [5, 5.41) is 14.9. The number of rotatable bonds is 6. The SMILES string of the molecule is C=CCNC(=O)O[C@@H]1CO[C@H]2[C@@H]1OC[C@@H]2Nc1nccc(-c2cccc(C#N)c2)n1. The molecule has 1 aromatic heterocycles. The van der Waals surface area contributed by atoms with Crippen molar-refractivity contribution in [1.29, 1.82) is 5.26 Å². The van der Waals surface area contributed by atoms with Crippen LogP contribution in [0, 0.1) is 11.3 Å². The zero-order valence-electron chi connectivity index (χ0n) is 16.2. The number of carbonyl (C=O) groups is 1. The highest BCUT2D eigenvalue weighted by atomic mass is 16.6. The lowest BCUT2D eigenvalue weighted by Crippen LogP contribution is -2.39. The van der Waals surface area contributed by atoms with Crippen LogP contribution >= 0.6 is 0 Å². The van der Waals surface area contributed by atoms with Crippen molar-refractivity contribution in [3.8, 4) is 17.3 Å². The second-order valence-corrected chi connectivity index (χ2v) is 6.92. The van der Waals surface area contributed by atoms with Crippen molar-refractivity contribution < 1.29 is 19.0 Å². The smallest absolute Gasteiger partial charge is 0.407 e. The molecule has 2 saturated heterocycles. The first kappa shape index (κ1) is 19.8. The van der Waals surface area contributed by atoms with Gasteiger partial charge in [0.25, 0.3) is 0 Å². The molecule has 4 rings (SSSR count). The molecule has 1 aromatic carbocycles. The largest absolute Gasteiger partial charge is 0.441 e. The van der Waals surface area contributed by atoms with Crippen LogP contribution in [-0.4, -0.2) is 60.2 Å². The van der Waals surface area contributed by atoms with Gasteiger partial charge in [-0.3, -0.25) is 0 Å². The molecule has 4 atom stereocenters. The van der Waals surface area contributed by atoms with Gasteiger partial charge in [-0.05, 0) is 18.2 Å². The van der Waals surface area contributed by atoms with Gasteiger partial charge < -0.3 is 24.8 Å². The van der Waals surface area contributed by atoms with Crippen molar-refractivity contribution in [3.63, 3.8) is 0 Å². The minimum absolute atomic E-state index is 0.180. The summed E-state index contributed by atoms with van der Waals surface area (Å²) < 4.78 is 17.0. The van der Waals surface area contributed by atoms with Crippen LogP contribution in [0.25, 0.3) is 11.3 Å². The van der Waals surface area contributed by atoms with Crippen molar-refractivity contribution in [2.24, 2.45) is 0 Å². The van der Waals surface area contributed by atoms with E-state index in [1.54, 1.807) is 30.5 Å². The average molecular weight is 407 g/mol. The van der Waals surface area contributed by atoms with Crippen LogP contribution in [0.4, 0.5) is 10.7 Å². The molecule has 3 heterocycles. The van der Waals surface area contributed by atoms with Crippen LogP contribution in [0.3, 0.4) is 0 Å². The van der Waals surface area contributed by atoms with Crippen LogP contribution in [0.2, 0.25) is 0 Å².